The second-order valence-electron chi connectivity index (χ2n) is 5.64. The second kappa shape index (κ2) is 6.71. The molecule has 0 aliphatic carbocycles. The summed E-state index contributed by atoms with van der Waals surface area (Å²) in [5, 5.41) is 3.66. The van der Waals surface area contributed by atoms with Gasteiger partial charge in [-0.05, 0) is 53.9 Å². The minimum absolute atomic E-state index is 0.536. The molecule has 3 rings (SSSR count). The van der Waals surface area contributed by atoms with Crippen molar-refractivity contribution in [1.29, 1.82) is 0 Å². The molecule has 1 aliphatic heterocycles. The Balaban J connectivity index is 1.71. The quantitative estimate of drug-likeness (QED) is 0.914. The average Bonchev–Trinajstić information content (AvgIpc) is 2.49. The molecular formula is C16H21BrN4. The second-order valence-corrected chi connectivity index (χ2v) is 6.56. The van der Waals surface area contributed by atoms with E-state index >= 15 is 0 Å². The predicted octanol–water partition coefficient (Wildman–Crippen LogP) is 3.68. The Morgan fingerprint density at radius 2 is 2.14 bits per heavy atom. The molecule has 1 aliphatic rings. The van der Waals surface area contributed by atoms with E-state index in [-0.39, 0.29) is 0 Å². The highest BCUT2D eigenvalue weighted by atomic mass is 79.9. The monoisotopic (exact) mass is 348 g/mol. The molecule has 5 heteroatoms. The van der Waals surface area contributed by atoms with Crippen molar-refractivity contribution >= 4 is 32.7 Å². The first-order valence-electron chi connectivity index (χ1n) is 7.65. The molecule has 1 saturated heterocycles. The zero-order chi connectivity index (χ0) is 14.7. The number of aromatic nitrogens is 2. The van der Waals surface area contributed by atoms with Gasteiger partial charge in [-0.1, -0.05) is 6.92 Å². The van der Waals surface area contributed by atoms with Crippen LogP contribution in [0.1, 0.15) is 26.2 Å². The van der Waals surface area contributed by atoms with Crippen LogP contribution in [0.4, 0.5) is 5.69 Å². The lowest BCUT2D eigenvalue weighted by Crippen LogP contribution is -2.39. The van der Waals surface area contributed by atoms with Crippen LogP contribution in [0.15, 0.2) is 29.0 Å². The summed E-state index contributed by atoms with van der Waals surface area (Å²) in [5.74, 6) is 0. The molecule has 4 nitrogen and oxygen atoms in total. The van der Waals surface area contributed by atoms with E-state index in [1.807, 2.05) is 24.5 Å². The van der Waals surface area contributed by atoms with Crippen LogP contribution in [0.5, 0.6) is 0 Å². The standard InChI is InChI=1S/C16H21BrN4/c1-2-7-21-8-4-13(5-9-21)20-14-3-6-18-15-10-12(17)11-19-16(14)15/h3,6,10-11,13H,2,4-5,7-9H2,1H3,(H,18,20). The van der Waals surface area contributed by atoms with Crippen molar-refractivity contribution in [3.8, 4) is 0 Å². The van der Waals surface area contributed by atoms with E-state index in [0.29, 0.717) is 6.04 Å². The van der Waals surface area contributed by atoms with Gasteiger partial charge in [-0.3, -0.25) is 9.97 Å². The number of anilines is 1. The van der Waals surface area contributed by atoms with Gasteiger partial charge in [0.05, 0.1) is 11.2 Å². The van der Waals surface area contributed by atoms with E-state index in [1.165, 1.54) is 38.9 Å². The molecule has 0 saturated carbocycles. The first-order valence-corrected chi connectivity index (χ1v) is 8.44. The molecule has 2 aromatic rings. The SMILES string of the molecule is CCCN1CCC(Nc2ccnc3cc(Br)cnc23)CC1. The summed E-state index contributed by atoms with van der Waals surface area (Å²) in [6.45, 7) is 5.85. The Labute approximate surface area is 134 Å². The van der Waals surface area contributed by atoms with Crippen LogP contribution < -0.4 is 5.32 Å². The Kier molecular flexibility index (Phi) is 4.70. The highest BCUT2D eigenvalue weighted by Gasteiger charge is 2.19. The molecule has 0 atom stereocenters. The number of halogens is 1. The van der Waals surface area contributed by atoms with E-state index in [2.05, 4.69) is 43.0 Å². The zero-order valence-corrected chi connectivity index (χ0v) is 13.9. The maximum Gasteiger partial charge on any atom is 0.112 e. The maximum absolute atomic E-state index is 4.51. The number of piperidine rings is 1. The van der Waals surface area contributed by atoms with Gasteiger partial charge < -0.3 is 10.2 Å². The van der Waals surface area contributed by atoms with Crippen LogP contribution in [0.3, 0.4) is 0 Å². The number of rotatable bonds is 4. The molecule has 21 heavy (non-hydrogen) atoms. The van der Waals surface area contributed by atoms with Gasteiger partial charge >= 0.3 is 0 Å². The molecule has 112 valence electrons. The third kappa shape index (κ3) is 3.52. The number of nitrogens with zero attached hydrogens (tertiary/aromatic N) is 3. The molecule has 0 spiro atoms. The lowest BCUT2D eigenvalue weighted by atomic mass is 10.0. The third-order valence-corrected chi connectivity index (χ3v) is 4.46. The molecule has 0 radical (unpaired) electrons. The number of hydrogen-bond acceptors (Lipinski definition) is 4. The fourth-order valence-corrected chi connectivity index (χ4v) is 3.28. The van der Waals surface area contributed by atoms with Gasteiger partial charge in [0.15, 0.2) is 0 Å². The largest absolute Gasteiger partial charge is 0.380 e. The van der Waals surface area contributed by atoms with Crippen LogP contribution in [0.25, 0.3) is 11.0 Å². The molecule has 3 heterocycles. The van der Waals surface area contributed by atoms with E-state index in [1.54, 1.807) is 0 Å². The Morgan fingerprint density at radius 3 is 2.90 bits per heavy atom. The highest BCUT2D eigenvalue weighted by Crippen LogP contribution is 2.24. The van der Waals surface area contributed by atoms with Gasteiger partial charge in [-0.15, -0.1) is 0 Å². The van der Waals surface area contributed by atoms with Crippen molar-refractivity contribution in [2.24, 2.45) is 0 Å². The summed E-state index contributed by atoms with van der Waals surface area (Å²) in [6.07, 6.45) is 7.32. The average molecular weight is 349 g/mol. The Hall–Kier alpha value is -1.20. The fourth-order valence-electron chi connectivity index (χ4n) is 2.96. The molecule has 1 fully saturated rings. The lowest BCUT2D eigenvalue weighted by Gasteiger charge is -2.32. The first kappa shape index (κ1) is 14.7. The normalized spacial score (nSPS) is 17.2. The van der Waals surface area contributed by atoms with Gasteiger partial charge in [0.2, 0.25) is 0 Å². The van der Waals surface area contributed by atoms with Gasteiger partial charge in [0.25, 0.3) is 0 Å². The Morgan fingerprint density at radius 1 is 1.33 bits per heavy atom. The number of pyridine rings is 2. The molecular weight excluding hydrogens is 328 g/mol. The molecule has 0 unspecified atom stereocenters. The molecule has 0 aromatic carbocycles. The number of hydrogen-bond donors (Lipinski definition) is 1. The summed E-state index contributed by atoms with van der Waals surface area (Å²) in [5.41, 5.74) is 2.98. The van der Waals surface area contributed by atoms with E-state index in [4.69, 9.17) is 0 Å². The third-order valence-electron chi connectivity index (χ3n) is 4.03. The number of likely N-dealkylation sites (tertiary alicyclic amines) is 1. The van der Waals surface area contributed by atoms with E-state index in [9.17, 15) is 0 Å². The lowest BCUT2D eigenvalue weighted by molar-refractivity contribution is 0.219. The number of fused-ring (bicyclic) bond motifs is 1. The van der Waals surface area contributed by atoms with Crippen molar-refractivity contribution in [2.75, 3.05) is 25.0 Å². The summed E-state index contributed by atoms with van der Waals surface area (Å²) in [4.78, 5) is 11.5. The van der Waals surface area contributed by atoms with Crippen LogP contribution in [-0.4, -0.2) is 40.5 Å². The van der Waals surface area contributed by atoms with Crippen LogP contribution in [0, 0.1) is 0 Å². The maximum atomic E-state index is 4.51. The molecule has 2 aromatic heterocycles. The topological polar surface area (TPSA) is 41.0 Å². The smallest absolute Gasteiger partial charge is 0.112 e. The summed E-state index contributed by atoms with van der Waals surface area (Å²) in [6, 6.07) is 4.58. The zero-order valence-electron chi connectivity index (χ0n) is 12.3. The molecule has 0 bridgehead atoms. The summed E-state index contributed by atoms with van der Waals surface area (Å²) in [7, 11) is 0. The summed E-state index contributed by atoms with van der Waals surface area (Å²) >= 11 is 3.45. The Bertz CT molecular complexity index is 608. The van der Waals surface area contributed by atoms with Crippen LogP contribution in [-0.2, 0) is 0 Å². The van der Waals surface area contributed by atoms with Crippen LogP contribution >= 0.6 is 15.9 Å². The van der Waals surface area contributed by atoms with Crippen molar-refractivity contribution in [1.82, 2.24) is 14.9 Å². The van der Waals surface area contributed by atoms with Crippen LogP contribution in [0.2, 0.25) is 0 Å². The minimum atomic E-state index is 0.536. The number of nitrogens with one attached hydrogen (secondary N) is 1. The van der Waals surface area contributed by atoms with Crippen molar-refractivity contribution in [3.05, 3.63) is 29.0 Å². The van der Waals surface area contributed by atoms with Crippen molar-refractivity contribution in [2.45, 2.75) is 32.2 Å². The van der Waals surface area contributed by atoms with Crippen molar-refractivity contribution in [3.63, 3.8) is 0 Å². The van der Waals surface area contributed by atoms with Gasteiger partial charge in [-0.2, -0.15) is 0 Å². The van der Waals surface area contributed by atoms with E-state index < -0.39 is 0 Å². The molecule has 0 amide bonds. The highest BCUT2D eigenvalue weighted by molar-refractivity contribution is 9.10. The van der Waals surface area contributed by atoms with Gasteiger partial charge in [-0.25, -0.2) is 0 Å². The first-order chi connectivity index (χ1) is 10.3. The van der Waals surface area contributed by atoms with E-state index in [0.717, 1.165) is 21.2 Å². The van der Waals surface area contributed by atoms with Gasteiger partial charge in [0.1, 0.15) is 5.52 Å². The fraction of sp³-hybridized carbons (Fsp3) is 0.500. The summed E-state index contributed by atoms with van der Waals surface area (Å²) < 4.78 is 0.965. The molecule has 1 N–H and O–H groups in total. The van der Waals surface area contributed by atoms with Crippen molar-refractivity contribution < 1.29 is 0 Å². The minimum Gasteiger partial charge on any atom is -0.380 e. The van der Waals surface area contributed by atoms with Gasteiger partial charge in [0, 0.05) is 36.0 Å². The predicted molar refractivity (Wildman–Crippen MR) is 90.6 cm³/mol.